The highest BCUT2D eigenvalue weighted by Crippen LogP contribution is 2.42. The van der Waals surface area contributed by atoms with Crippen molar-refractivity contribution in [1.82, 2.24) is 0 Å². The zero-order chi connectivity index (χ0) is 29.6. The lowest BCUT2D eigenvalue weighted by atomic mass is 9.84. The van der Waals surface area contributed by atoms with E-state index in [2.05, 4.69) is 72.8 Å². The van der Waals surface area contributed by atoms with Crippen LogP contribution < -0.4 is 9.47 Å². The minimum atomic E-state index is 0.903. The van der Waals surface area contributed by atoms with Gasteiger partial charge in [-0.15, -0.1) is 0 Å². The quantitative estimate of drug-likeness (QED) is 0.139. The Bertz CT molecular complexity index is 1910. The van der Waals surface area contributed by atoms with Gasteiger partial charge >= 0.3 is 22.7 Å². The van der Waals surface area contributed by atoms with E-state index >= 15 is 0 Å². The predicted octanol–water partition coefficient (Wildman–Crippen LogP) is 9.85. The van der Waals surface area contributed by atoms with Gasteiger partial charge in [-0.2, -0.15) is 0 Å². The molecule has 2 aliphatic rings. The molecule has 4 nitrogen and oxygen atoms in total. The van der Waals surface area contributed by atoms with E-state index < -0.39 is 0 Å². The number of aryl methyl sites for hydroxylation is 4. The van der Waals surface area contributed by atoms with Crippen LogP contribution in [0.1, 0.15) is 46.2 Å². The highest BCUT2D eigenvalue weighted by Gasteiger charge is 2.33. The first kappa shape index (κ1) is 26.9. The van der Waals surface area contributed by atoms with Gasteiger partial charge in [0.1, 0.15) is 11.5 Å². The van der Waals surface area contributed by atoms with Crippen molar-refractivity contribution in [3.63, 3.8) is 0 Å². The summed E-state index contributed by atoms with van der Waals surface area (Å²) in [4.78, 5) is 0. The smallest absolute Gasteiger partial charge is 0.364 e. The maximum atomic E-state index is 6.60. The third-order valence-corrected chi connectivity index (χ3v) is 9.63. The molecule has 4 heteroatoms. The van der Waals surface area contributed by atoms with Gasteiger partial charge in [0.25, 0.3) is 0 Å². The number of benzene rings is 4. The standard InChI is InChI=1S/C40H36O4/c1-41-27-17-21-29-25(23-27)15-19-35-31(33-11-5-7-13-37(33)43-39(29)35)9-3-4-10-32-34-12-6-8-14-38(34)44-40-30-22-18-28(42-2)24-26(30)16-20-36(32)40/h5-8,11-14,17-18,21-24H,3-4,9-10,15-16,19-20H2,1-2H3/q+2. The van der Waals surface area contributed by atoms with Crippen LogP contribution in [0.5, 0.6) is 11.5 Å². The summed E-state index contributed by atoms with van der Waals surface area (Å²) in [6.07, 6.45) is 8.26. The second-order valence-electron chi connectivity index (χ2n) is 12.0. The van der Waals surface area contributed by atoms with Crippen LogP contribution in [0.15, 0.2) is 93.8 Å². The number of rotatable bonds is 7. The molecule has 0 N–H and O–H groups in total. The molecule has 2 aliphatic carbocycles. The second-order valence-corrected chi connectivity index (χ2v) is 12.0. The van der Waals surface area contributed by atoms with Gasteiger partial charge in [0.15, 0.2) is 0 Å². The van der Waals surface area contributed by atoms with Crippen molar-refractivity contribution in [2.45, 2.75) is 51.4 Å². The number of para-hydroxylation sites is 2. The third-order valence-electron chi connectivity index (χ3n) is 9.63. The highest BCUT2D eigenvalue weighted by molar-refractivity contribution is 5.87. The Kier molecular flexibility index (Phi) is 6.78. The van der Waals surface area contributed by atoms with Crippen LogP contribution in [0.4, 0.5) is 0 Å². The number of hydrogen-bond donors (Lipinski definition) is 0. The van der Waals surface area contributed by atoms with Crippen LogP contribution in [-0.4, -0.2) is 14.2 Å². The fourth-order valence-corrected chi connectivity index (χ4v) is 7.46. The molecule has 218 valence electrons. The van der Waals surface area contributed by atoms with Crippen LogP contribution in [0.3, 0.4) is 0 Å². The van der Waals surface area contributed by atoms with Crippen molar-refractivity contribution < 1.29 is 18.3 Å². The first-order valence-electron chi connectivity index (χ1n) is 15.8. The molecule has 0 saturated carbocycles. The average Bonchev–Trinajstić information content (AvgIpc) is 3.08. The van der Waals surface area contributed by atoms with Crippen LogP contribution in [0.25, 0.3) is 44.6 Å². The van der Waals surface area contributed by atoms with Crippen molar-refractivity contribution >= 4 is 21.9 Å². The Labute approximate surface area is 257 Å². The molecule has 0 bridgehead atoms. The molecule has 2 aromatic heterocycles. The van der Waals surface area contributed by atoms with Gasteiger partial charge in [-0.05, 0) is 122 Å². The largest absolute Gasteiger partial charge is 0.497 e. The van der Waals surface area contributed by atoms with Gasteiger partial charge in [0.2, 0.25) is 0 Å². The third kappa shape index (κ3) is 4.52. The Morgan fingerprint density at radius 2 is 1.00 bits per heavy atom. The maximum Gasteiger partial charge on any atom is 0.364 e. The van der Waals surface area contributed by atoms with Crippen LogP contribution in [0, 0.1) is 0 Å². The zero-order valence-electron chi connectivity index (χ0n) is 25.4. The normalized spacial score (nSPS) is 13.2. The predicted molar refractivity (Wildman–Crippen MR) is 177 cm³/mol. The van der Waals surface area contributed by atoms with E-state index in [1.165, 1.54) is 55.3 Å². The molecule has 0 saturated heterocycles. The van der Waals surface area contributed by atoms with Gasteiger partial charge in [-0.25, -0.2) is 8.83 Å². The topological polar surface area (TPSA) is 41.1 Å². The summed E-state index contributed by atoms with van der Waals surface area (Å²) in [5.74, 6) is 3.87. The number of hydrogen-bond acceptors (Lipinski definition) is 2. The van der Waals surface area contributed by atoms with Crippen molar-refractivity contribution in [3.05, 3.63) is 118 Å². The van der Waals surface area contributed by atoms with Gasteiger partial charge < -0.3 is 9.47 Å². The van der Waals surface area contributed by atoms with Crippen molar-refractivity contribution in [3.8, 4) is 34.1 Å². The van der Waals surface area contributed by atoms with Crippen LogP contribution in [0.2, 0.25) is 0 Å². The highest BCUT2D eigenvalue weighted by atomic mass is 16.5. The van der Waals surface area contributed by atoms with Gasteiger partial charge in [-0.1, -0.05) is 24.3 Å². The lowest BCUT2D eigenvalue weighted by Crippen LogP contribution is -2.09. The minimum Gasteiger partial charge on any atom is -0.497 e. The molecule has 0 spiro atoms. The fraction of sp³-hybridized carbons (Fsp3) is 0.250. The zero-order valence-corrected chi connectivity index (χ0v) is 25.4. The summed E-state index contributed by atoms with van der Waals surface area (Å²) in [5.41, 5.74) is 12.5. The van der Waals surface area contributed by atoms with E-state index in [4.69, 9.17) is 18.3 Å². The maximum absolute atomic E-state index is 6.60. The van der Waals surface area contributed by atoms with Gasteiger partial charge in [0.05, 0.1) is 47.2 Å². The Balaban J connectivity index is 1.12. The molecule has 6 aromatic rings. The minimum absolute atomic E-state index is 0.903. The summed E-state index contributed by atoms with van der Waals surface area (Å²) in [7, 11) is 3.46. The molecule has 0 amide bonds. The molecule has 0 atom stereocenters. The Hall–Kier alpha value is -4.70. The van der Waals surface area contributed by atoms with E-state index in [0.717, 1.165) is 85.6 Å². The summed E-state index contributed by atoms with van der Waals surface area (Å²) in [6.45, 7) is 0. The molecule has 0 unspecified atom stereocenters. The molecule has 4 aromatic carbocycles. The van der Waals surface area contributed by atoms with E-state index in [1.807, 2.05) is 12.1 Å². The van der Waals surface area contributed by atoms with Crippen molar-refractivity contribution in [1.29, 1.82) is 0 Å². The number of fused-ring (bicyclic) bond motifs is 8. The van der Waals surface area contributed by atoms with Gasteiger partial charge in [-0.3, -0.25) is 0 Å². The molecule has 2 heterocycles. The molecular formula is C40H36O4+2. The average molecular weight is 581 g/mol. The van der Waals surface area contributed by atoms with Crippen LogP contribution in [-0.2, 0) is 38.5 Å². The SMILES string of the molecule is COc1ccc2c(c1)CCc1c-2[o+]c2ccccc2c1CCCCc1c2c([o+]c3ccccc13)-c1ccc(OC)cc1CC2. The van der Waals surface area contributed by atoms with E-state index in [9.17, 15) is 0 Å². The summed E-state index contributed by atoms with van der Waals surface area (Å²) in [6, 6.07) is 29.8. The summed E-state index contributed by atoms with van der Waals surface area (Å²) >= 11 is 0. The first-order chi connectivity index (χ1) is 21.7. The lowest BCUT2D eigenvalue weighted by Gasteiger charge is -2.18. The van der Waals surface area contributed by atoms with Crippen molar-refractivity contribution in [2.24, 2.45) is 0 Å². The Morgan fingerprint density at radius 1 is 0.545 bits per heavy atom. The molecule has 8 rings (SSSR count). The van der Waals surface area contributed by atoms with Gasteiger partial charge in [0, 0.05) is 12.1 Å². The van der Waals surface area contributed by atoms with E-state index in [0.29, 0.717) is 0 Å². The van der Waals surface area contributed by atoms with Crippen molar-refractivity contribution in [2.75, 3.05) is 14.2 Å². The lowest BCUT2D eigenvalue weighted by molar-refractivity contribution is 0.414. The Morgan fingerprint density at radius 3 is 1.45 bits per heavy atom. The van der Waals surface area contributed by atoms with E-state index in [1.54, 1.807) is 14.2 Å². The fourth-order valence-electron chi connectivity index (χ4n) is 7.46. The van der Waals surface area contributed by atoms with E-state index in [-0.39, 0.29) is 0 Å². The number of unbranched alkanes of at least 4 members (excludes halogenated alkanes) is 1. The molecule has 44 heavy (non-hydrogen) atoms. The number of ether oxygens (including phenoxy) is 2. The monoisotopic (exact) mass is 580 g/mol. The second kappa shape index (κ2) is 11.1. The molecule has 0 radical (unpaired) electrons. The summed E-state index contributed by atoms with van der Waals surface area (Å²) < 4.78 is 24.2. The number of methoxy groups -OCH3 is 2. The molecule has 0 fully saturated rings. The van der Waals surface area contributed by atoms with Crippen LogP contribution >= 0.6 is 0 Å². The molecular weight excluding hydrogens is 544 g/mol. The first-order valence-corrected chi connectivity index (χ1v) is 15.8. The summed E-state index contributed by atoms with van der Waals surface area (Å²) in [5, 5.41) is 2.49. The molecule has 0 aliphatic heterocycles.